The van der Waals surface area contributed by atoms with Crippen LogP contribution in [-0.4, -0.2) is 59.1 Å². The molecule has 2 aliphatic heterocycles. The van der Waals surface area contributed by atoms with Crippen molar-refractivity contribution in [3.8, 4) is 5.75 Å². The van der Waals surface area contributed by atoms with Crippen molar-refractivity contribution in [2.45, 2.75) is 25.4 Å². The molecule has 1 saturated carbocycles. The number of benzene rings is 2. The predicted molar refractivity (Wildman–Crippen MR) is 145 cm³/mol. The lowest BCUT2D eigenvalue weighted by atomic mass is 10.1. The summed E-state index contributed by atoms with van der Waals surface area (Å²) in [5.74, 6) is 0.825. The van der Waals surface area contributed by atoms with E-state index < -0.39 is 5.82 Å². The first kappa shape index (κ1) is 25.5. The number of rotatable bonds is 9. The van der Waals surface area contributed by atoms with E-state index in [1.807, 2.05) is 0 Å². The molecule has 1 aliphatic carbocycles. The zero-order valence-electron chi connectivity index (χ0n) is 21.0. The number of likely N-dealkylation sites (tertiary alicyclic amines) is 1. The number of nitrogens with one attached hydrogen (secondary N) is 2. The van der Waals surface area contributed by atoms with Crippen LogP contribution in [0.1, 0.15) is 19.3 Å². The fourth-order valence-electron chi connectivity index (χ4n) is 4.92. The van der Waals surface area contributed by atoms with E-state index in [0.717, 1.165) is 19.4 Å². The molecular formula is C28H27ClFN5O4. The van der Waals surface area contributed by atoms with Crippen LogP contribution in [0, 0.1) is 17.7 Å². The van der Waals surface area contributed by atoms with Crippen molar-refractivity contribution in [3.63, 3.8) is 0 Å². The van der Waals surface area contributed by atoms with Crippen molar-refractivity contribution in [3.05, 3.63) is 59.7 Å². The summed E-state index contributed by atoms with van der Waals surface area (Å²) in [7, 11) is 0. The Bertz CT molecular complexity index is 1450. The lowest BCUT2D eigenvalue weighted by molar-refractivity contribution is -0.141. The van der Waals surface area contributed by atoms with Gasteiger partial charge in [-0.2, -0.15) is 0 Å². The molecule has 202 valence electrons. The topological polar surface area (TPSA) is 106 Å². The standard InChI is InChI=1S/C28H27ClFN5O4/c29-20-9-18(5-6-21(20)30)33-28-19-10-23(24(38-14-16-3-4-16)11-22(19)31-15-32-28)34-26(36)2-1-7-35-12-17-8-27(37)39-25(17)13-35/h1-2,5-6,9-11,15-17,25H,3-4,7-8,12-14H2,(H,34,36)(H,31,32,33)/b2-1+. The second kappa shape index (κ2) is 10.8. The highest BCUT2D eigenvalue weighted by Crippen LogP contribution is 2.36. The summed E-state index contributed by atoms with van der Waals surface area (Å²) in [6.07, 6.45) is 7.41. The van der Waals surface area contributed by atoms with Gasteiger partial charge in [-0.15, -0.1) is 0 Å². The number of nitrogens with zero attached hydrogens (tertiary/aromatic N) is 3. The third kappa shape index (κ3) is 5.97. The molecule has 0 spiro atoms. The van der Waals surface area contributed by atoms with Crippen molar-refractivity contribution in [1.29, 1.82) is 0 Å². The lowest BCUT2D eigenvalue weighted by Gasteiger charge is -2.15. The molecule has 9 nitrogen and oxygen atoms in total. The van der Waals surface area contributed by atoms with Gasteiger partial charge in [0.05, 0.1) is 29.3 Å². The summed E-state index contributed by atoms with van der Waals surface area (Å²) in [6.45, 7) is 2.61. The first-order valence-electron chi connectivity index (χ1n) is 12.9. The molecule has 0 radical (unpaired) electrons. The quantitative estimate of drug-likeness (QED) is 0.291. The van der Waals surface area contributed by atoms with Crippen LogP contribution in [0.25, 0.3) is 10.9 Å². The Balaban J connectivity index is 1.19. The molecule has 6 rings (SSSR count). The van der Waals surface area contributed by atoms with Crippen LogP contribution in [0.15, 0.2) is 48.8 Å². The maximum atomic E-state index is 13.6. The minimum absolute atomic E-state index is 0.00739. The van der Waals surface area contributed by atoms with Crippen molar-refractivity contribution < 1.29 is 23.5 Å². The number of carbonyl (C=O) groups is 2. The minimum atomic E-state index is -0.513. The molecule has 2 N–H and O–H groups in total. The number of fused-ring (bicyclic) bond motifs is 2. The minimum Gasteiger partial charge on any atom is -0.491 e. The smallest absolute Gasteiger partial charge is 0.306 e. The number of halogens is 2. The van der Waals surface area contributed by atoms with E-state index in [-0.39, 0.29) is 28.9 Å². The molecule has 1 amide bonds. The van der Waals surface area contributed by atoms with E-state index in [9.17, 15) is 14.0 Å². The fourth-order valence-corrected chi connectivity index (χ4v) is 5.10. The van der Waals surface area contributed by atoms with Gasteiger partial charge < -0.3 is 20.1 Å². The van der Waals surface area contributed by atoms with Gasteiger partial charge in [0.1, 0.15) is 29.8 Å². The molecule has 1 aromatic heterocycles. The molecule has 0 bridgehead atoms. The zero-order valence-corrected chi connectivity index (χ0v) is 21.8. The number of anilines is 3. The van der Waals surface area contributed by atoms with E-state index in [1.54, 1.807) is 24.3 Å². The Hall–Kier alpha value is -3.76. The van der Waals surface area contributed by atoms with Gasteiger partial charge in [0, 0.05) is 48.8 Å². The van der Waals surface area contributed by atoms with E-state index in [0.29, 0.717) is 65.9 Å². The molecule has 2 saturated heterocycles. The largest absolute Gasteiger partial charge is 0.491 e. The average molecular weight is 552 g/mol. The monoisotopic (exact) mass is 551 g/mol. The Labute approximate surface area is 229 Å². The number of esters is 1. The van der Waals surface area contributed by atoms with Crippen molar-refractivity contribution in [2.24, 2.45) is 11.8 Å². The average Bonchev–Trinajstić information content (AvgIpc) is 3.57. The molecule has 3 heterocycles. The number of hydrogen-bond donors (Lipinski definition) is 2. The first-order chi connectivity index (χ1) is 18.9. The molecular weight excluding hydrogens is 525 g/mol. The summed E-state index contributed by atoms with van der Waals surface area (Å²) in [4.78, 5) is 35.2. The fraction of sp³-hybridized carbons (Fsp3) is 0.357. The number of ether oxygens (including phenoxy) is 2. The Morgan fingerprint density at radius 2 is 2.10 bits per heavy atom. The summed E-state index contributed by atoms with van der Waals surface area (Å²) < 4.78 is 25.0. The van der Waals surface area contributed by atoms with Crippen molar-refractivity contribution in [1.82, 2.24) is 14.9 Å². The van der Waals surface area contributed by atoms with Gasteiger partial charge in [-0.3, -0.25) is 14.5 Å². The normalized spacial score (nSPS) is 20.8. The van der Waals surface area contributed by atoms with E-state index in [1.165, 1.54) is 24.5 Å². The van der Waals surface area contributed by atoms with Gasteiger partial charge in [-0.05, 0) is 43.0 Å². The molecule has 3 fully saturated rings. The van der Waals surface area contributed by atoms with Crippen molar-refractivity contribution in [2.75, 3.05) is 36.9 Å². The Morgan fingerprint density at radius 1 is 1.23 bits per heavy atom. The number of amides is 1. The highest BCUT2D eigenvalue weighted by atomic mass is 35.5. The lowest BCUT2D eigenvalue weighted by Crippen LogP contribution is -2.24. The number of aromatic nitrogens is 2. The molecule has 2 aromatic carbocycles. The molecule has 3 aromatic rings. The molecule has 2 atom stereocenters. The zero-order chi connectivity index (χ0) is 26.9. The summed E-state index contributed by atoms with van der Waals surface area (Å²) in [5.41, 5.74) is 1.68. The molecule has 3 aliphatic rings. The highest BCUT2D eigenvalue weighted by molar-refractivity contribution is 6.31. The number of hydrogen-bond acceptors (Lipinski definition) is 8. The third-order valence-corrected chi connectivity index (χ3v) is 7.44. The first-order valence-corrected chi connectivity index (χ1v) is 13.3. The van der Waals surface area contributed by atoms with Crippen LogP contribution >= 0.6 is 11.6 Å². The van der Waals surface area contributed by atoms with Gasteiger partial charge in [0.25, 0.3) is 0 Å². The molecule has 11 heteroatoms. The predicted octanol–water partition coefficient (Wildman–Crippen LogP) is 4.70. The Morgan fingerprint density at radius 3 is 2.90 bits per heavy atom. The van der Waals surface area contributed by atoms with Crippen LogP contribution in [0.5, 0.6) is 5.75 Å². The second-order valence-electron chi connectivity index (χ2n) is 10.2. The van der Waals surface area contributed by atoms with E-state index in [2.05, 4.69) is 25.5 Å². The van der Waals surface area contributed by atoms with Crippen molar-refractivity contribution >= 4 is 51.6 Å². The third-order valence-electron chi connectivity index (χ3n) is 7.15. The van der Waals surface area contributed by atoms with Crippen LogP contribution in [0.2, 0.25) is 5.02 Å². The van der Waals surface area contributed by atoms with Crippen LogP contribution in [0.3, 0.4) is 0 Å². The molecule has 39 heavy (non-hydrogen) atoms. The van der Waals surface area contributed by atoms with Crippen LogP contribution in [0.4, 0.5) is 21.6 Å². The van der Waals surface area contributed by atoms with Gasteiger partial charge >= 0.3 is 5.97 Å². The van der Waals surface area contributed by atoms with Gasteiger partial charge in [0.2, 0.25) is 5.91 Å². The maximum Gasteiger partial charge on any atom is 0.306 e. The van der Waals surface area contributed by atoms with E-state index >= 15 is 0 Å². The SMILES string of the molecule is O=C(/C=C/CN1CC2CC(=O)OC2C1)Nc1cc2c(Nc3ccc(F)c(Cl)c3)ncnc2cc1OCC1CC1. The highest BCUT2D eigenvalue weighted by Gasteiger charge is 2.41. The van der Waals surface area contributed by atoms with Gasteiger partial charge in [-0.25, -0.2) is 14.4 Å². The molecule has 2 unspecified atom stereocenters. The number of carbonyl (C=O) groups excluding carboxylic acids is 2. The Kier molecular flexibility index (Phi) is 7.05. The van der Waals surface area contributed by atoms with Gasteiger partial charge in [0.15, 0.2) is 0 Å². The van der Waals surface area contributed by atoms with Crippen LogP contribution in [-0.2, 0) is 14.3 Å². The summed E-state index contributed by atoms with van der Waals surface area (Å²) in [6, 6.07) is 7.87. The van der Waals surface area contributed by atoms with Gasteiger partial charge in [-0.1, -0.05) is 17.7 Å². The maximum absolute atomic E-state index is 13.6. The van der Waals surface area contributed by atoms with Crippen LogP contribution < -0.4 is 15.4 Å². The van der Waals surface area contributed by atoms with E-state index in [4.69, 9.17) is 21.1 Å². The summed E-state index contributed by atoms with van der Waals surface area (Å²) in [5, 5.41) is 6.73. The second-order valence-corrected chi connectivity index (χ2v) is 10.6. The summed E-state index contributed by atoms with van der Waals surface area (Å²) >= 11 is 5.94.